The topological polar surface area (TPSA) is 33.1 Å². The standard InChI is InChI=1S/C26H26N4S/c1-21-9-8-14-24(17-21)20-30-16-15-25(28-30)27-26(31)29(18-22-10-4-2-5-11-22)19-23-12-6-3-7-13-23/h2-17H,18-20H2,1H3,(H,27,28,31). The Labute approximate surface area is 189 Å². The summed E-state index contributed by atoms with van der Waals surface area (Å²) in [5, 5.41) is 8.65. The Morgan fingerprint density at radius 3 is 2.06 bits per heavy atom. The molecule has 0 saturated heterocycles. The first-order chi connectivity index (χ1) is 15.2. The number of hydrogen-bond donors (Lipinski definition) is 1. The summed E-state index contributed by atoms with van der Waals surface area (Å²) in [7, 11) is 0. The number of aryl methyl sites for hydroxylation is 1. The summed E-state index contributed by atoms with van der Waals surface area (Å²) in [6.07, 6.45) is 1.98. The summed E-state index contributed by atoms with van der Waals surface area (Å²) in [5.41, 5.74) is 4.91. The lowest BCUT2D eigenvalue weighted by Crippen LogP contribution is -2.34. The summed E-state index contributed by atoms with van der Waals surface area (Å²) in [4.78, 5) is 2.17. The molecular weight excluding hydrogens is 400 g/mol. The molecule has 0 amide bonds. The van der Waals surface area contributed by atoms with Crippen LogP contribution in [0.3, 0.4) is 0 Å². The highest BCUT2D eigenvalue weighted by molar-refractivity contribution is 7.80. The zero-order valence-electron chi connectivity index (χ0n) is 17.6. The average Bonchev–Trinajstić information content (AvgIpc) is 3.21. The maximum Gasteiger partial charge on any atom is 0.175 e. The van der Waals surface area contributed by atoms with Gasteiger partial charge in [0.1, 0.15) is 0 Å². The highest BCUT2D eigenvalue weighted by atomic mass is 32.1. The van der Waals surface area contributed by atoms with E-state index in [2.05, 4.69) is 95.0 Å². The van der Waals surface area contributed by atoms with Crippen LogP contribution in [0.25, 0.3) is 0 Å². The molecule has 4 aromatic rings. The van der Waals surface area contributed by atoms with Crippen molar-refractivity contribution in [2.75, 3.05) is 5.32 Å². The van der Waals surface area contributed by atoms with E-state index < -0.39 is 0 Å². The van der Waals surface area contributed by atoms with Crippen molar-refractivity contribution in [3.8, 4) is 0 Å². The molecule has 0 atom stereocenters. The van der Waals surface area contributed by atoms with Crippen molar-refractivity contribution in [2.45, 2.75) is 26.6 Å². The first kappa shape index (κ1) is 20.8. The lowest BCUT2D eigenvalue weighted by atomic mass is 10.1. The third-order valence-corrected chi connectivity index (χ3v) is 5.38. The fraction of sp³-hybridized carbons (Fsp3) is 0.154. The van der Waals surface area contributed by atoms with E-state index in [9.17, 15) is 0 Å². The molecule has 4 rings (SSSR count). The highest BCUT2D eigenvalue weighted by Gasteiger charge is 2.13. The molecule has 0 fully saturated rings. The van der Waals surface area contributed by atoms with Gasteiger partial charge in [0.15, 0.2) is 10.9 Å². The summed E-state index contributed by atoms with van der Waals surface area (Å²) in [6.45, 7) is 4.29. The summed E-state index contributed by atoms with van der Waals surface area (Å²) < 4.78 is 1.93. The molecule has 1 N–H and O–H groups in total. The Balaban J connectivity index is 1.46. The third-order valence-electron chi connectivity index (χ3n) is 5.02. The number of thiocarbonyl (C=S) groups is 1. The molecular formula is C26H26N4S. The molecule has 0 aliphatic carbocycles. The number of hydrogen-bond acceptors (Lipinski definition) is 2. The second kappa shape index (κ2) is 10.0. The highest BCUT2D eigenvalue weighted by Crippen LogP contribution is 2.14. The molecule has 0 aliphatic heterocycles. The number of rotatable bonds is 7. The molecule has 0 saturated carbocycles. The minimum Gasteiger partial charge on any atom is -0.340 e. The zero-order chi connectivity index (χ0) is 21.5. The zero-order valence-corrected chi connectivity index (χ0v) is 18.4. The van der Waals surface area contributed by atoms with Gasteiger partial charge in [-0.05, 0) is 35.8 Å². The predicted molar refractivity (Wildman–Crippen MR) is 131 cm³/mol. The van der Waals surface area contributed by atoms with E-state index in [1.807, 2.05) is 29.1 Å². The van der Waals surface area contributed by atoms with Crippen molar-refractivity contribution in [3.05, 3.63) is 119 Å². The van der Waals surface area contributed by atoms with Gasteiger partial charge < -0.3 is 10.2 Å². The molecule has 0 bridgehead atoms. The minimum atomic E-state index is 0.661. The summed E-state index contributed by atoms with van der Waals surface area (Å²) in [6, 6.07) is 31.2. The van der Waals surface area contributed by atoms with Crippen LogP contribution in [-0.4, -0.2) is 19.8 Å². The number of nitrogens with zero attached hydrogens (tertiary/aromatic N) is 3. The van der Waals surface area contributed by atoms with Gasteiger partial charge in [-0.1, -0.05) is 90.5 Å². The molecule has 156 valence electrons. The third kappa shape index (κ3) is 6.03. The molecule has 5 heteroatoms. The molecule has 0 radical (unpaired) electrons. The van der Waals surface area contributed by atoms with Crippen LogP contribution >= 0.6 is 12.2 Å². The van der Waals surface area contributed by atoms with Gasteiger partial charge in [0.2, 0.25) is 0 Å². The van der Waals surface area contributed by atoms with Crippen LogP contribution in [0.5, 0.6) is 0 Å². The van der Waals surface area contributed by atoms with E-state index in [1.54, 1.807) is 0 Å². The molecule has 31 heavy (non-hydrogen) atoms. The average molecular weight is 427 g/mol. The molecule has 1 heterocycles. The number of aromatic nitrogens is 2. The Kier molecular flexibility index (Phi) is 6.75. The van der Waals surface area contributed by atoms with Gasteiger partial charge in [-0.25, -0.2) is 0 Å². The predicted octanol–water partition coefficient (Wildman–Crippen LogP) is 5.64. The quantitative estimate of drug-likeness (QED) is 0.388. The van der Waals surface area contributed by atoms with E-state index in [1.165, 1.54) is 22.3 Å². The molecule has 3 aromatic carbocycles. The van der Waals surface area contributed by atoms with Crippen molar-refractivity contribution in [2.24, 2.45) is 0 Å². The van der Waals surface area contributed by atoms with Crippen LogP contribution in [0.4, 0.5) is 5.82 Å². The van der Waals surface area contributed by atoms with Crippen LogP contribution in [-0.2, 0) is 19.6 Å². The van der Waals surface area contributed by atoms with E-state index in [-0.39, 0.29) is 0 Å². The smallest absolute Gasteiger partial charge is 0.175 e. The van der Waals surface area contributed by atoms with Gasteiger partial charge in [-0.15, -0.1) is 0 Å². The van der Waals surface area contributed by atoms with Crippen LogP contribution in [0.1, 0.15) is 22.3 Å². The Morgan fingerprint density at radius 1 is 0.839 bits per heavy atom. The molecule has 1 aromatic heterocycles. The number of nitrogens with one attached hydrogen (secondary N) is 1. The number of benzene rings is 3. The Hall–Kier alpha value is -3.44. The largest absolute Gasteiger partial charge is 0.340 e. The van der Waals surface area contributed by atoms with Crippen molar-refractivity contribution in [1.29, 1.82) is 0 Å². The van der Waals surface area contributed by atoms with Crippen LogP contribution < -0.4 is 5.32 Å². The van der Waals surface area contributed by atoms with Crippen LogP contribution in [0.2, 0.25) is 0 Å². The van der Waals surface area contributed by atoms with Gasteiger partial charge in [0, 0.05) is 25.4 Å². The van der Waals surface area contributed by atoms with Gasteiger partial charge >= 0.3 is 0 Å². The first-order valence-corrected chi connectivity index (χ1v) is 10.8. The Morgan fingerprint density at radius 2 is 1.45 bits per heavy atom. The molecule has 0 unspecified atom stereocenters. The molecule has 0 spiro atoms. The lowest BCUT2D eigenvalue weighted by Gasteiger charge is -2.25. The lowest BCUT2D eigenvalue weighted by molar-refractivity contribution is 0.412. The second-order valence-electron chi connectivity index (χ2n) is 7.65. The fourth-order valence-electron chi connectivity index (χ4n) is 3.51. The van der Waals surface area contributed by atoms with Gasteiger partial charge in [-0.2, -0.15) is 5.10 Å². The van der Waals surface area contributed by atoms with Gasteiger partial charge in [-0.3, -0.25) is 4.68 Å². The maximum atomic E-state index is 5.78. The maximum absolute atomic E-state index is 5.78. The fourth-order valence-corrected chi connectivity index (χ4v) is 3.74. The number of anilines is 1. The van der Waals surface area contributed by atoms with Crippen molar-refractivity contribution < 1.29 is 0 Å². The van der Waals surface area contributed by atoms with Crippen molar-refractivity contribution in [3.63, 3.8) is 0 Å². The molecule has 0 aliphatic rings. The second-order valence-corrected chi connectivity index (χ2v) is 8.03. The normalized spacial score (nSPS) is 10.6. The van der Waals surface area contributed by atoms with Crippen LogP contribution in [0.15, 0.2) is 97.2 Å². The molecule has 4 nitrogen and oxygen atoms in total. The Bertz CT molecular complexity index is 1080. The van der Waals surface area contributed by atoms with E-state index >= 15 is 0 Å². The summed E-state index contributed by atoms with van der Waals surface area (Å²) >= 11 is 5.78. The van der Waals surface area contributed by atoms with Crippen LogP contribution in [0, 0.1) is 6.92 Å². The van der Waals surface area contributed by atoms with Crippen molar-refractivity contribution >= 4 is 23.1 Å². The van der Waals surface area contributed by atoms with E-state index in [0.29, 0.717) is 5.11 Å². The van der Waals surface area contributed by atoms with Crippen molar-refractivity contribution in [1.82, 2.24) is 14.7 Å². The SMILES string of the molecule is Cc1cccc(Cn2ccc(NC(=S)N(Cc3ccccc3)Cc3ccccc3)n2)c1. The summed E-state index contributed by atoms with van der Waals surface area (Å²) in [5.74, 6) is 0.753. The monoisotopic (exact) mass is 426 g/mol. The van der Waals surface area contributed by atoms with E-state index in [0.717, 1.165) is 25.5 Å². The first-order valence-electron chi connectivity index (χ1n) is 10.4. The van der Waals surface area contributed by atoms with E-state index in [4.69, 9.17) is 12.2 Å². The van der Waals surface area contributed by atoms with Gasteiger partial charge in [0.25, 0.3) is 0 Å². The minimum absolute atomic E-state index is 0.661. The van der Waals surface area contributed by atoms with Gasteiger partial charge in [0.05, 0.1) is 6.54 Å².